The molecule has 0 fully saturated rings. The molecule has 0 bridgehead atoms. The Morgan fingerprint density at radius 3 is 2.68 bits per heavy atom. The summed E-state index contributed by atoms with van der Waals surface area (Å²) in [5.74, 6) is -0.256. The van der Waals surface area contributed by atoms with E-state index in [9.17, 15) is 4.79 Å². The molecule has 1 atom stereocenters. The topological polar surface area (TPSA) is 72.9 Å². The highest BCUT2D eigenvalue weighted by Crippen LogP contribution is 2.38. The number of carbonyl (C=O) groups excluding carboxylic acids is 1. The monoisotopic (exact) mass is 354 g/mol. The number of aromatic nitrogens is 2. The third-order valence-electron chi connectivity index (χ3n) is 4.32. The molecule has 6 heteroatoms. The Balaban J connectivity index is 2.10. The van der Waals surface area contributed by atoms with Gasteiger partial charge < -0.3 is 11.1 Å². The van der Waals surface area contributed by atoms with Crippen molar-refractivity contribution in [2.24, 2.45) is 12.8 Å². The van der Waals surface area contributed by atoms with Gasteiger partial charge in [-0.2, -0.15) is 5.10 Å². The zero-order valence-corrected chi connectivity index (χ0v) is 15.2. The molecule has 3 N–H and O–H groups in total. The molecule has 2 aromatic heterocycles. The van der Waals surface area contributed by atoms with E-state index in [1.165, 1.54) is 16.9 Å². The van der Waals surface area contributed by atoms with Crippen LogP contribution in [0, 0.1) is 0 Å². The van der Waals surface area contributed by atoms with E-state index in [2.05, 4.69) is 28.6 Å². The minimum Gasteiger partial charge on any atom is -0.365 e. The number of benzene rings is 1. The SMILES string of the molecule is CNCCC(c1ccccc1)c1cc(-c2ccnn2C)sc1C(N)=O. The minimum atomic E-state index is -0.376. The number of primary amides is 1. The molecule has 0 aliphatic heterocycles. The summed E-state index contributed by atoms with van der Waals surface area (Å²) in [5.41, 5.74) is 8.87. The maximum absolute atomic E-state index is 12.1. The van der Waals surface area contributed by atoms with Crippen molar-refractivity contribution in [2.75, 3.05) is 13.6 Å². The first kappa shape index (κ1) is 17.4. The van der Waals surface area contributed by atoms with Crippen molar-refractivity contribution in [1.82, 2.24) is 15.1 Å². The molecule has 0 saturated heterocycles. The highest BCUT2D eigenvalue weighted by molar-refractivity contribution is 7.17. The number of nitrogens with two attached hydrogens (primary N) is 1. The summed E-state index contributed by atoms with van der Waals surface area (Å²) >= 11 is 1.44. The first-order valence-electron chi connectivity index (χ1n) is 8.23. The lowest BCUT2D eigenvalue weighted by molar-refractivity contribution is 0.100. The number of nitrogens with one attached hydrogen (secondary N) is 1. The van der Waals surface area contributed by atoms with Crippen LogP contribution in [-0.2, 0) is 7.05 Å². The average Bonchev–Trinajstić information content (AvgIpc) is 3.22. The van der Waals surface area contributed by atoms with Crippen LogP contribution >= 0.6 is 11.3 Å². The van der Waals surface area contributed by atoms with Crippen LogP contribution in [0.1, 0.15) is 33.1 Å². The van der Waals surface area contributed by atoms with Crippen molar-refractivity contribution < 1.29 is 4.79 Å². The summed E-state index contributed by atoms with van der Waals surface area (Å²) in [5, 5.41) is 7.43. The van der Waals surface area contributed by atoms with E-state index in [-0.39, 0.29) is 11.8 Å². The van der Waals surface area contributed by atoms with Crippen LogP contribution < -0.4 is 11.1 Å². The Morgan fingerprint density at radius 1 is 1.32 bits per heavy atom. The molecule has 0 spiro atoms. The van der Waals surface area contributed by atoms with Gasteiger partial charge in [0.1, 0.15) is 0 Å². The normalized spacial score (nSPS) is 12.2. The van der Waals surface area contributed by atoms with Crippen molar-refractivity contribution in [3.8, 4) is 10.6 Å². The molecule has 130 valence electrons. The summed E-state index contributed by atoms with van der Waals surface area (Å²) in [6.45, 7) is 0.856. The Morgan fingerprint density at radius 2 is 2.08 bits per heavy atom. The third-order valence-corrected chi connectivity index (χ3v) is 5.51. The van der Waals surface area contributed by atoms with E-state index in [1.807, 2.05) is 43.0 Å². The van der Waals surface area contributed by atoms with Gasteiger partial charge in [-0.15, -0.1) is 11.3 Å². The molecule has 1 aromatic carbocycles. The highest BCUT2D eigenvalue weighted by Gasteiger charge is 2.24. The first-order valence-corrected chi connectivity index (χ1v) is 9.05. The second-order valence-corrected chi connectivity index (χ2v) is 7.01. The average molecular weight is 354 g/mol. The summed E-state index contributed by atoms with van der Waals surface area (Å²) in [7, 11) is 3.83. The van der Waals surface area contributed by atoms with Gasteiger partial charge in [0.05, 0.1) is 15.4 Å². The molecule has 5 nitrogen and oxygen atoms in total. The van der Waals surface area contributed by atoms with E-state index in [0.29, 0.717) is 4.88 Å². The second-order valence-electron chi connectivity index (χ2n) is 5.95. The van der Waals surface area contributed by atoms with Crippen LogP contribution in [0.2, 0.25) is 0 Å². The summed E-state index contributed by atoms with van der Waals surface area (Å²) in [6.07, 6.45) is 2.65. The summed E-state index contributed by atoms with van der Waals surface area (Å²) < 4.78 is 1.81. The fraction of sp³-hybridized carbons (Fsp3) is 0.263. The van der Waals surface area contributed by atoms with Crippen LogP contribution in [0.25, 0.3) is 10.6 Å². The predicted molar refractivity (Wildman–Crippen MR) is 102 cm³/mol. The number of aryl methyl sites for hydroxylation is 1. The van der Waals surface area contributed by atoms with Gasteiger partial charge in [0, 0.05) is 19.2 Å². The van der Waals surface area contributed by atoms with Crippen molar-refractivity contribution >= 4 is 17.2 Å². The number of carbonyl (C=O) groups is 1. The molecular formula is C19H22N4OS. The zero-order chi connectivity index (χ0) is 17.8. The standard InChI is InChI=1S/C19H22N4OS/c1-21-10-8-14(13-6-4-3-5-7-13)15-12-17(25-18(15)19(20)24)16-9-11-22-23(16)2/h3-7,9,11-12,14,21H,8,10H2,1-2H3,(H2,20,24). The van der Waals surface area contributed by atoms with Gasteiger partial charge in [-0.1, -0.05) is 30.3 Å². The minimum absolute atomic E-state index is 0.120. The fourth-order valence-electron chi connectivity index (χ4n) is 3.07. The van der Waals surface area contributed by atoms with Crippen molar-refractivity contribution in [1.29, 1.82) is 0 Å². The van der Waals surface area contributed by atoms with E-state index in [1.54, 1.807) is 6.20 Å². The number of hydrogen-bond donors (Lipinski definition) is 2. The maximum atomic E-state index is 12.1. The van der Waals surface area contributed by atoms with Crippen LogP contribution in [0.15, 0.2) is 48.7 Å². The van der Waals surface area contributed by atoms with Crippen molar-refractivity contribution in [3.05, 3.63) is 64.7 Å². The van der Waals surface area contributed by atoms with Crippen molar-refractivity contribution in [2.45, 2.75) is 12.3 Å². The molecule has 0 aliphatic rings. The molecule has 3 aromatic rings. The lowest BCUT2D eigenvalue weighted by atomic mass is 9.88. The lowest BCUT2D eigenvalue weighted by Gasteiger charge is -2.17. The molecule has 1 amide bonds. The van der Waals surface area contributed by atoms with Gasteiger partial charge >= 0.3 is 0 Å². The van der Waals surface area contributed by atoms with Crippen LogP contribution in [-0.4, -0.2) is 29.3 Å². The molecule has 1 unspecified atom stereocenters. The van der Waals surface area contributed by atoms with Crippen LogP contribution in [0.4, 0.5) is 0 Å². The predicted octanol–water partition coefficient (Wildman–Crippen LogP) is 2.99. The molecule has 0 radical (unpaired) electrons. The smallest absolute Gasteiger partial charge is 0.259 e. The molecule has 0 saturated carbocycles. The second kappa shape index (κ2) is 7.63. The van der Waals surface area contributed by atoms with Crippen LogP contribution in [0.3, 0.4) is 0 Å². The molecule has 0 aliphatic carbocycles. The first-order chi connectivity index (χ1) is 12.1. The largest absolute Gasteiger partial charge is 0.365 e. The van der Waals surface area contributed by atoms with Crippen LogP contribution in [0.5, 0.6) is 0 Å². The number of hydrogen-bond acceptors (Lipinski definition) is 4. The van der Waals surface area contributed by atoms with Gasteiger partial charge in [-0.05, 0) is 43.3 Å². The van der Waals surface area contributed by atoms with E-state index in [0.717, 1.165) is 29.1 Å². The number of amides is 1. The van der Waals surface area contributed by atoms with Gasteiger partial charge in [0.25, 0.3) is 5.91 Å². The maximum Gasteiger partial charge on any atom is 0.259 e. The fourth-order valence-corrected chi connectivity index (χ4v) is 4.20. The van der Waals surface area contributed by atoms with E-state index >= 15 is 0 Å². The number of thiophene rings is 1. The molecule has 25 heavy (non-hydrogen) atoms. The zero-order valence-electron chi connectivity index (χ0n) is 14.4. The highest BCUT2D eigenvalue weighted by atomic mass is 32.1. The van der Waals surface area contributed by atoms with Gasteiger partial charge in [0.2, 0.25) is 0 Å². The molecule has 2 heterocycles. The lowest BCUT2D eigenvalue weighted by Crippen LogP contribution is -2.17. The van der Waals surface area contributed by atoms with Gasteiger partial charge in [-0.25, -0.2) is 0 Å². The summed E-state index contributed by atoms with van der Waals surface area (Å²) in [6, 6.07) is 14.3. The Labute approximate surface area is 151 Å². The molecular weight excluding hydrogens is 332 g/mol. The quantitative estimate of drug-likeness (QED) is 0.685. The molecule has 3 rings (SSSR count). The van der Waals surface area contributed by atoms with Gasteiger partial charge in [0.15, 0.2) is 0 Å². The Kier molecular flexibility index (Phi) is 5.31. The van der Waals surface area contributed by atoms with E-state index in [4.69, 9.17) is 5.73 Å². The Hall–Kier alpha value is -2.44. The third kappa shape index (κ3) is 3.65. The summed E-state index contributed by atoms with van der Waals surface area (Å²) in [4.78, 5) is 13.7. The van der Waals surface area contributed by atoms with E-state index < -0.39 is 0 Å². The number of nitrogens with zero attached hydrogens (tertiary/aromatic N) is 2. The number of rotatable bonds is 7. The van der Waals surface area contributed by atoms with Gasteiger partial charge in [-0.3, -0.25) is 9.48 Å². The van der Waals surface area contributed by atoms with Crippen molar-refractivity contribution in [3.63, 3.8) is 0 Å². The Bertz CT molecular complexity index is 853.